The van der Waals surface area contributed by atoms with E-state index in [1.807, 2.05) is 0 Å². The molecule has 0 aromatic carbocycles. The summed E-state index contributed by atoms with van der Waals surface area (Å²) in [6, 6.07) is 0. The summed E-state index contributed by atoms with van der Waals surface area (Å²) in [6.07, 6.45) is -0.442. The maximum absolute atomic E-state index is 10.6. The minimum Gasteiger partial charge on any atom is -0.481 e. The monoisotopic (exact) mass is 222 g/mol. The molecule has 0 rings (SSSR count). The molecule has 8 heteroatoms. The SMILES string of the molecule is [NH3+]NC(=S)NCC(CC(=O)O)C(=O)O. The Morgan fingerprint density at radius 2 is 2.00 bits per heavy atom. The molecule has 0 spiro atoms. The fourth-order valence-electron chi connectivity index (χ4n) is 0.736. The second kappa shape index (κ2) is 6.11. The summed E-state index contributed by atoms with van der Waals surface area (Å²) >= 11 is 4.65. The number of quaternary nitrogens is 1. The molecule has 7 nitrogen and oxygen atoms in total. The fraction of sp³-hybridized carbons (Fsp3) is 0.500. The topological polar surface area (TPSA) is 126 Å². The van der Waals surface area contributed by atoms with E-state index in [1.165, 1.54) is 0 Å². The zero-order valence-corrected chi connectivity index (χ0v) is 8.13. The van der Waals surface area contributed by atoms with Crippen molar-refractivity contribution in [1.82, 2.24) is 10.7 Å². The molecule has 0 amide bonds. The number of carboxylic acid groups (broad SMARTS) is 2. The van der Waals surface area contributed by atoms with E-state index in [2.05, 4.69) is 28.8 Å². The predicted octanol–water partition coefficient (Wildman–Crippen LogP) is -2.22. The molecule has 0 aromatic heterocycles. The van der Waals surface area contributed by atoms with Crippen molar-refractivity contribution < 1.29 is 25.6 Å². The van der Waals surface area contributed by atoms with Gasteiger partial charge in [0.2, 0.25) is 5.11 Å². The van der Waals surface area contributed by atoms with Crippen LogP contribution in [0, 0.1) is 5.92 Å². The van der Waals surface area contributed by atoms with Crippen molar-refractivity contribution in [3.05, 3.63) is 0 Å². The highest BCUT2D eigenvalue weighted by Gasteiger charge is 2.20. The summed E-state index contributed by atoms with van der Waals surface area (Å²) < 4.78 is 0. The number of carboxylic acids is 2. The molecule has 0 fully saturated rings. The van der Waals surface area contributed by atoms with Crippen LogP contribution in [0.3, 0.4) is 0 Å². The first kappa shape index (κ1) is 12.6. The number of hydrogen-bond acceptors (Lipinski definition) is 3. The number of rotatable bonds is 5. The van der Waals surface area contributed by atoms with Crippen LogP contribution < -0.4 is 16.6 Å². The number of thiocarbonyl (C=S) groups is 1. The summed E-state index contributed by atoms with van der Waals surface area (Å²) in [5, 5.41) is 19.7. The van der Waals surface area contributed by atoms with Crippen LogP contribution in [0.1, 0.15) is 6.42 Å². The first-order valence-corrected chi connectivity index (χ1v) is 4.13. The second-order valence-electron chi connectivity index (χ2n) is 2.52. The molecule has 7 N–H and O–H groups in total. The van der Waals surface area contributed by atoms with Gasteiger partial charge < -0.3 is 15.5 Å². The molecule has 0 aromatic rings. The summed E-state index contributed by atoms with van der Waals surface area (Å²) in [5.74, 6) is -0.0831. The Bertz CT molecular complexity index is 245. The molecular formula is C6H12N3O4S+. The van der Waals surface area contributed by atoms with Crippen molar-refractivity contribution in [1.29, 1.82) is 0 Å². The standard InChI is InChI=1S/C6H11N3O4S/c7-9-6(14)8-2-3(5(12)13)1-4(10)11/h3H,1-2,7H2,(H,10,11)(H,12,13)(H2,8,9,14)/p+1. The van der Waals surface area contributed by atoms with E-state index in [-0.39, 0.29) is 11.7 Å². The van der Waals surface area contributed by atoms with Crippen LogP contribution in [-0.2, 0) is 9.59 Å². The lowest BCUT2D eigenvalue weighted by Crippen LogP contribution is -2.69. The first-order chi connectivity index (χ1) is 6.47. The van der Waals surface area contributed by atoms with E-state index < -0.39 is 24.3 Å². The number of carbonyl (C=O) groups is 2. The Morgan fingerprint density at radius 3 is 2.36 bits per heavy atom. The fourth-order valence-corrected chi connectivity index (χ4v) is 0.819. The minimum absolute atomic E-state index is 0.0387. The van der Waals surface area contributed by atoms with Crippen molar-refractivity contribution in [2.45, 2.75) is 6.42 Å². The lowest BCUT2D eigenvalue weighted by molar-refractivity contribution is -0.419. The summed E-state index contributed by atoms with van der Waals surface area (Å²) in [6.45, 7) is -0.0387. The van der Waals surface area contributed by atoms with Crippen LogP contribution in [0.15, 0.2) is 0 Å². The largest absolute Gasteiger partial charge is 0.481 e. The van der Waals surface area contributed by atoms with Crippen LogP contribution in [0.25, 0.3) is 0 Å². The van der Waals surface area contributed by atoms with Gasteiger partial charge in [-0.15, -0.1) is 0 Å². The average molecular weight is 222 g/mol. The van der Waals surface area contributed by atoms with Crippen LogP contribution in [0.5, 0.6) is 0 Å². The third-order valence-corrected chi connectivity index (χ3v) is 1.73. The molecule has 0 aliphatic rings. The van der Waals surface area contributed by atoms with Crippen molar-refractivity contribution in [3.63, 3.8) is 0 Å². The number of nitrogens with one attached hydrogen (secondary N) is 2. The predicted molar refractivity (Wildman–Crippen MR) is 50.0 cm³/mol. The first-order valence-electron chi connectivity index (χ1n) is 3.73. The molecule has 0 aliphatic heterocycles. The normalized spacial score (nSPS) is 11.5. The smallest absolute Gasteiger partial charge is 0.308 e. The molecule has 80 valence electrons. The Balaban J connectivity index is 4.04. The van der Waals surface area contributed by atoms with Gasteiger partial charge in [0.15, 0.2) is 0 Å². The Morgan fingerprint density at radius 1 is 1.43 bits per heavy atom. The van der Waals surface area contributed by atoms with Gasteiger partial charge in [-0.1, -0.05) is 0 Å². The molecule has 0 aliphatic carbocycles. The quantitative estimate of drug-likeness (QED) is 0.263. The van der Waals surface area contributed by atoms with Crippen molar-refractivity contribution >= 4 is 29.3 Å². The van der Waals surface area contributed by atoms with Crippen molar-refractivity contribution in [2.75, 3.05) is 6.54 Å². The van der Waals surface area contributed by atoms with Gasteiger partial charge in [-0.3, -0.25) is 15.4 Å². The van der Waals surface area contributed by atoms with Crippen LogP contribution in [0.4, 0.5) is 0 Å². The molecule has 1 unspecified atom stereocenters. The van der Waals surface area contributed by atoms with Gasteiger partial charge in [0.25, 0.3) is 0 Å². The van der Waals surface area contributed by atoms with Crippen LogP contribution in [-0.4, -0.2) is 33.8 Å². The lowest BCUT2D eigenvalue weighted by atomic mass is 10.1. The van der Waals surface area contributed by atoms with Gasteiger partial charge in [-0.2, -0.15) is 0 Å². The Labute approximate surface area is 85.2 Å². The highest BCUT2D eigenvalue weighted by Crippen LogP contribution is 2.01. The maximum atomic E-state index is 10.6. The van der Waals surface area contributed by atoms with Gasteiger partial charge in [0.1, 0.15) is 0 Å². The number of aliphatic carboxylic acids is 2. The molecule has 0 heterocycles. The van der Waals surface area contributed by atoms with Crippen molar-refractivity contribution in [3.8, 4) is 0 Å². The van der Waals surface area contributed by atoms with Gasteiger partial charge in [0.05, 0.1) is 12.3 Å². The van der Waals surface area contributed by atoms with E-state index in [4.69, 9.17) is 10.2 Å². The van der Waals surface area contributed by atoms with Crippen LogP contribution >= 0.6 is 12.2 Å². The number of hydrogen-bond donors (Lipinski definition) is 5. The zero-order chi connectivity index (χ0) is 11.1. The average Bonchev–Trinajstić information content (AvgIpc) is 2.10. The minimum atomic E-state index is -1.17. The summed E-state index contributed by atoms with van der Waals surface area (Å²) in [7, 11) is 0. The third-order valence-electron chi connectivity index (χ3n) is 1.44. The molecule has 0 saturated carbocycles. The van der Waals surface area contributed by atoms with Gasteiger partial charge in [0, 0.05) is 6.54 Å². The molecule has 1 atom stereocenters. The molecule has 0 radical (unpaired) electrons. The second-order valence-corrected chi connectivity index (χ2v) is 2.93. The highest BCUT2D eigenvalue weighted by atomic mass is 32.1. The molecule has 14 heavy (non-hydrogen) atoms. The maximum Gasteiger partial charge on any atom is 0.308 e. The van der Waals surface area contributed by atoms with Gasteiger partial charge in [-0.05, 0) is 12.2 Å². The van der Waals surface area contributed by atoms with Gasteiger partial charge in [-0.25, -0.2) is 5.43 Å². The van der Waals surface area contributed by atoms with E-state index in [9.17, 15) is 9.59 Å². The zero-order valence-electron chi connectivity index (χ0n) is 7.32. The van der Waals surface area contributed by atoms with Gasteiger partial charge >= 0.3 is 11.9 Å². The summed E-state index contributed by atoms with van der Waals surface area (Å²) in [5.41, 5.74) is 2.34. The molecule has 0 saturated heterocycles. The van der Waals surface area contributed by atoms with Crippen molar-refractivity contribution in [2.24, 2.45) is 5.92 Å². The van der Waals surface area contributed by atoms with E-state index in [1.54, 1.807) is 0 Å². The highest BCUT2D eigenvalue weighted by molar-refractivity contribution is 7.80. The van der Waals surface area contributed by atoms with E-state index >= 15 is 0 Å². The van der Waals surface area contributed by atoms with E-state index in [0.717, 1.165) is 0 Å². The molecular weight excluding hydrogens is 210 g/mol. The third kappa shape index (κ3) is 5.27. The van der Waals surface area contributed by atoms with E-state index in [0.29, 0.717) is 0 Å². The Kier molecular flexibility index (Phi) is 5.49. The van der Waals surface area contributed by atoms with Crippen LogP contribution in [0.2, 0.25) is 0 Å². The summed E-state index contributed by atoms with van der Waals surface area (Å²) in [4.78, 5) is 20.8. The molecule has 0 bridgehead atoms. The Hall–Kier alpha value is -1.41. The lowest BCUT2D eigenvalue weighted by Gasteiger charge is -2.11.